The van der Waals surface area contributed by atoms with E-state index in [2.05, 4.69) is 0 Å². The number of aromatic nitrogens is 1. The monoisotopic (exact) mass is 376 g/mol. The zero-order chi connectivity index (χ0) is 19.6. The normalized spacial score (nSPS) is 11.7. The fraction of sp³-hybridized carbons (Fsp3) is 0.250. The van der Waals surface area contributed by atoms with Gasteiger partial charge in [0.1, 0.15) is 11.4 Å². The Labute approximate surface area is 154 Å². The second-order valence-electron chi connectivity index (χ2n) is 6.15. The van der Waals surface area contributed by atoms with Crippen LogP contribution in [0.5, 0.6) is 5.75 Å². The lowest BCUT2D eigenvalue weighted by Crippen LogP contribution is -2.20. The Morgan fingerprint density at radius 3 is 2.44 bits per heavy atom. The number of anilines is 1. The molecule has 2 N–H and O–H groups in total. The van der Waals surface area contributed by atoms with Crippen molar-refractivity contribution in [3.05, 3.63) is 59.8 Å². The Kier molecular flexibility index (Phi) is 5.12. The Hall–Kier alpha value is -2.96. The molecule has 0 saturated heterocycles. The molecule has 0 amide bonds. The molecule has 1 heterocycles. The number of alkyl halides is 3. The van der Waals surface area contributed by atoms with Crippen LogP contribution in [0.15, 0.2) is 48.5 Å². The van der Waals surface area contributed by atoms with Crippen molar-refractivity contribution < 1.29 is 22.7 Å². The van der Waals surface area contributed by atoms with Crippen molar-refractivity contribution in [3.63, 3.8) is 0 Å². The number of ether oxygens (including phenoxy) is 1. The molecule has 0 spiro atoms. The summed E-state index contributed by atoms with van der Waals surface area (Å²) < 4.78 is 46.3. The molecule has 0 radical (unpaired) electrons. The molecule has 0 atom stereocenters. The van der Waals surface area contributed by atoms with Crippen LogP contribution in [0.25, 0.3) is 10.9 Å². The number of hydrogen-bond acceptors (Lipinski definition) is 3. The fourth-order valence-corrected chi connectivity index (χ4v) is 2.99. The minimum absolute atomic E-state index is 0.0504. The molecule has 27 heavy (non-hydrogen) atoms. The van der Waals surface area contributed by atoms with E-state index in [4.69, 9.17) is 10.5 Å². The number of fused-ring (bicyclic) bond motifs is 1. The van der Waals surface area contributed by atoms with Gasteiger partial charge in [-0.2, -0.15) is 13.2 Å². The van der Waals surface area contributed by atoms with E-state index in [1.807, 2.05) is 6.92 Å². The molecular weight excluding hydrogens is 357 g/mol. The first-order chi connectivity index (χ1) is 12.8. The van der Waals surface area contributed by atoms with Gasteiger partial charge in [-0.1, -0.05) is 12.1 Å². The van der Waals surface area contributed by atoms with Gasteiger partial charge >= 0.3 is 6.18 Å². The number of rotatable bonds is 5. The summed E-state index contributed by atoms with van der Waals surface area (Å²) in [6.07, 6.45) is -4.36. The van der Waals surface area contributed by atoms with Gasteiger partial charge < -0.3 is 10.5 Å². The van der Waals surface area contributed by atoms with Crippen molar-refractivity contribution in [2.45, 2.75) is 25.9 Å². The van der Waals surface area contributed by atoms with Crippen molar-refractivity contribution in [2.24, 2.45) is 0 Å². The molecule has 0 bridgehead atoms. The molecule has 0 aliphatic carbocycles. The smallest absolute Gasteiger partial charge is 0.431 e. The third kappa shape index (κ3) is 4.07. The lowest BCUT2D eigenvalue weighted by Gasteiger charge is -2.12. The highest BCUT2D eigenvalue weighted by Crippen LogP contribution is 2.35. The zero-order valence-corrected chi connectivity index (χ0v) is 14.7. The van der Waals surface area contributed by atoms with Crippen molar-refractivity contribution in [1.29, 1.82) is 0 Å². The number of nitrogen functional groups attached to an aromatic ring is 1. The van der Waals surface area contributed by atoms with Gasteiger partial charge in [-0.3, -0.25) is 9.36 Å². The topological polar surface area (TPSA) is 57.2 Å². The summed E-state index contributed by atoms with van der Waals surface area (Å²) in [5, 5.41) is 0.289. The van der Waals surface area contributed by atoms with Crippen LogP contribution in [0, 0.1) is 0 Å². The van der Waals surface area contributed by atoms with E-state index in [0.717, 1.165) is 16.2 Å². The van der Waals surface area contributed by atoms with E-state index >= 15 is 0 Å². The first-order valence-corrected chi connectivity index (χ1v) is 8.52. The number of halogens is 3. The number of aryl methyl sites for hydroxylation is 1. The van der Waals surface area contributed by atoms with Gasteiger partial charge in [-0.15, -0.1) is 0 Å². The average Bonchev–Trinajstić information content (AvgIpc) is 3.00. The molecular formula is C20H19F3N2O2. The molecule has 0 aliphatic rings. The molecule has 2 aromatic carbocycles. The Morgan fingerprint density at radius 2 is 1.81 bits per heavy atom. The third-order valence-electron chi connectivity index (χ3n) is 4.23. The molecule has 3 aromatic rings. The summed E-state index contributed by atoms with van der Waals surface area (Å²) in [4.78, 5) is 12.6. The van der Waals surface area contributed by atoms with Crippen LogP contribution < -0.4 is 10.5 Å². The standard InChI is InChI=1S/C20H19F3N2O2/c1-2-27-16-7-3-13(4-8-16)5-10-19(26)25-17-9-6-15(24)11-14(17)12-18(25)20(21,22)23/h3-4,6-9,11-12H,2,5,10,24H2,1H3. The predicted octanol–water partition coefficient (Wildman–Crippen LogP) is 4.91. The predicted molar refractivity (Wildman–Crippen MR) is 97.9 cm³/mol. The molecule has 0 unspecified atom stereocenters. The van der Waals surface area contributed by atoms with E-state index in [-0.39, 0.29) is 17.3 Å². The second kappa shape index (κ2) is 7.34. The molecule has 0 aliphatic heterocycles. The SMILES string of the molecule is CCOc1ccc(CCC(=O)n2c(C(F)(F)F)cc3cc(N)ccc32)cc1. The van der Waals surface area contributed by atoms with Gasteiger partial charge in [0.25, 0.3) is 0 Å². The van der Waals surface area contributed by atoms with Crippen molar-refractivity contribution in [1.82, 2.24) is 4.57 Å². The average molecular weight is 376 g/mol. The van der Waals surface area contributed by atoms with Gasteiger partial charge in [0.15, 0.2) is 0 Å². The first kappa shape index (κ1) is 18.8. The molecule has 142 valence electrons. The first-order valence-electron chi connectivity index (χ1n) is 8.52. The number of carbonyl (C=O) groups excluding carboxylic acids is 1. The number of carbonyl (C=O) groups is 1. The van der Waals surface area contributed by atoms with Crippen LogP contribution >= 0.6 is 0 Å². The number of benzene rings is 2. The largest absolute Gasteiger partial charge is 0.494 e. The quantitative estimate of drug-likeness (QED) is 0.644. The number of nitrogens with two attached hydrogens (primary N) is 1. The van der Waals surface area contributed by atoms with E-state index in [1.54, 1.807) is 24.3 Å². The number of hydrogen-bond donors (Lipinski definition) is 1. The summed E-state index contributed by atoms with van der Waals surface area (Å²) in [5.74, 6) is 0.0944. The van der Waals surface area contributed by atoms with Gasteiger partial charge in [-0.05, 0) is 55.3 Å². The Bertz CT molecular complexity index is 960. The zero-order valence-electron chi connectivity index (χ0n) is 14.7. The van der Waals surface area contributed by atoms with E-state index < -0.39 is 17.8 Å². The van der Waals surface area contributed by atoms with Crippen LogP contribution in [-0.4, -0.2) is 17.1 Å². The van der Waals surface area contributed by atoms with Gasteiger partial charge in [0.05, 0.1) is 12.1 Å². The molecule has 1 aromatic heterocycles. The van der Waals surface area contributed by atoms with Crippen LogP contribution in [-0.2, 0) is 12.6 Å². The van der Waals surface area contributed by atoms with Gasteiger partial charge in [0, 0.05) is 17.5 Å². The Morgan fingerprint density at radius 1 is 1.11 bits per heavy atom. The highest BCUT2D eigenvalue weighted by atomic mass is 19.4. The maximum Gasteiger partial charge on any atom is 0.431 e. The van der Waals surface area contributed by atoms with Crippen LogP contribution in [0.3, 0.4) is 0 Å². The van der Waals surface area contributed by atoms with Crippen LogP contribution in [0.1, 0.15) is 29.4 Å². The van der Waals surface area contributed by atoms with E-state index in [0.29, 0.717) is 24.5 Å². The van der Waals surface area contributed by atoms with E-state index in [9.17, 15) is 18.0 Å². The second-order valence-corrected chi connectivity index (χ2v) is 6.15. The van der Waals surface area contributed by atoms with Crippen LogP contribution in [0.2, 0.25) is 0 Å². The molecule has 0 fully saturated rings. The summed E-state index contributed by atoms with van der Waals surface area (Å²) in [5.41, 5.74) is 6.06. The van der Waals surface area contributed by atoms with Crippen molar-refractivity contribution in [2.75, 3.05) is 12.3 Å². The lowest BCUT2D eigenvalue weighted by molar-refractivity contribution is -0.142. The number of nitrogens with zero attached hydrogens (tertiary/aromatic N) is 1. The van der Waals surface area contributed by atoms with Crippen molar-refractivity contribution in [3.8, 4) is 5.75 Å². The molecule has 7 heteroatoms. The summed E-state index contributed by atoms with van der Waals surface area (Å²) in [6.45, 7) is 2.42. The van der Waals surface area contributed by atoms with E-state index in [1.165, 1.54) is 18.2 Å². The minimum Gasteiger partial charge on any atom is -0.494 e. The highest BCUT2D eigenvalue weighted by molar-refractivity contribution is 5.95. The lowest BCUT2D eigenvalue weighted by atomic mass is 10.1. The molecule has 4 nitrogen and oxygen atoms in total. The molecule has 0 saturated carbocycles. The fourth-order valence-electron chi connectivity index (χ4n) is 2.99. The van der Waals surface area contributed by atoms with Crippen LogP contribution in [0.4, 0.5) is 18.9 Å². The van der Waals surface area contributed by atoms with Crippen molar-refractivity contribution >= 4 is 22.5 Å². The van der Waals surface area contributed by atoms with Gasteiger partial charge in [-0.25, -0.2) is 0 Å². The third-order valence-corrected chi connectivity index (χ3v) is 4.23. The van der Waals surface area contributed by atoms with Gasteiger partial charge in [0.2, 0.25) is 5.91 Å². The molecule has 3 rings (SSSR count). The Balaban J connectivity index is 1.86. The highest BCUT2D eigenvalue weighted by Gasteiger charge is 2.37. The summed E-state index contributed by atoms with van der Waals surface area (Å²) in [7, 11) is 0. The summed E-state index contributed by atoms with van der Waals surface area (Å²) >= 11 is 0. The summed E-state index contributed by atoms with van der Waals surface area (Å²) in [6, 6.07) is 12.5. The maximum absolute atomic E-state index is 13.4. The minimum atomic E-state index is -4.64. The maximum atomic E-state index is 13.4.